The Labute approximate surface area is 161 Å². The highest BCUT2D eigenvalue weighted by Gasteiger charge is 2.31. The van der Waals surface area contributed by atoms with Gasteiger partial charge in [-0.2, -0.15) is 4.31 Å². The van der Waals surface area contributed by atoms with Crippen LogP contribution in [0.4, 0.5) is 0 Å². The lowest BCUT2D eigenvalue weighted by molar-refractivity contribution is 0.317. The fourth-order valence-electron chi connectivity index (χ4n) is 4.13. The molecule has 0 unspecified atom stereocenters. The zero-order chi connectivity index (χ0) is 19.2. The fraction of sp³-hybridized carbons (Fsp3) is 0.364. The van der Waals surface area contributed by atoms with E-state index in [1.165, 1.54) is 16.6 Å². The number of benzene rings is 2. The van der Waals surface area contributed by atoms with E-state index in [0.29, 0.717) is 23.9 Å². The number of nitrogens with zero attached hydrogens (tertiary/aromatic N) is 1. The van der Waals surface area contributed by atoms with Crippen molar-refractivity contribution in [3.8, 4) is 0 Å². The molecule has 0 saturated carbocycles. The molecule has 0 amide bonds. The molecule has 142 valence electrons. The van der Waals surface area contributed by atoms with Gasteiger partial charge in [0, 0.05) is 30.2 Å². The van der Waals surface area contributed by atoms with Gasteiger partial charge in [-0.15, -0.1) is 0 Å². The van der Waals surface area contributed by atoms with E-state index in [2.05, 4.69) is 36.2 Å². The Morgan fingerprint density at radius 2 is 1.59 bits per heavy atom. The maximum Gasteiger partial charge on any atom is 0.243 e. The predicted molar refractivity (Wildman–Crippen MR) is 110 cm³/mol. The van der Waals surface area contributed by atoms with Crippen LogP contribution in [-0.4, -0.2) is 30.8 Å². The molecular weight excluding hydrogens is 356 g/mol. The van der Waals surface area contributed by atoms with Gasteiger partial charge >= 0.3 is 0 Å². The van der Waals surface area contributed by atoms with E-state index < -0.39 is 10.0 Å². The molecule has 3 aromatic rings. The zero-order valence-corrected chi connectivity index (χ0v) is 16.9. The first kappa shape index (κ1) is 18.3. The first-order valence-corrected chi connectivity index (χ1v) is 11.0. The largest absolute Gasteiger partial charge is 0.358 e. The maximum absolute atomic E-state index is 13.1. The number of aromatic nitrogens is 1. The third-order valence-corrected chi connectivity index (χ3v) is 7.70. The summed E-state index contributed by atoms with van der Waals surface area (Å²) in [5.74, 6) is 0.378. The fourth-order valence-corrected chi connectivity index (χ4v) is 5.80. The maximum atomic E-state index is 13.1. The molecule has 2 aromatic carbocycles. The predicted octanol–water partition coefficient (Wildman–Crippen LogP) is 4.66. The van der Waals surface area contributed by atoms with Gasteiger partial charge in [-0.25, -0.2) is 8.42 Å². The molecule has 1 fully saturated rings. The summed E-state index contributed by atoms with van der Waals surface area (Å²) in [6, 6.07) is 14.2. The number of aromatic amines is 1. The Kier molecular flexibility index (Phi) is 4.60. The van der Waals surface area contributed by atoms with Gasteiger partial charge in [0.15, 0.2) is 0 Å². The van der Waals surface area contributed by atoms with Gasteiger partial charge in [-0.05, 0) is 68.8 Å². The highest BCUT2D eigenvalue weighted by molar-refractivity contribution is 7.89. The quantitative estimate of drug-likeness (QED) is 0.716. The van der Waals surface area contributed by atoms with Crippen molar-refractivity contribution in [3.05, 3.63) is 64.8 Å². The van der Waals surface area contributed by atoms with Crippen molar-refractivity contribution in [1.29, 1.82) is 0 Å². The second kappa shape index (κ2) is 6.80. The number of nitrogens with one attached hydrogen (secondary N) is 1. The summed E-state index contributed by atoms with van der Waals surface area (Å²) in [6.07, 6.45) is 1.69. The van der Waals surface area contributed by atoms with Crippen molar-refractivity contribution in [2.75, 3.05) is 13.1 Å². The van der Waals surface area contributed by atoms with Crippen molar-refractivity contribution < 1.29 is 8.42 Å². The van der Waals surface area contributed by atoms with E-state index in [4.69, 9.17) is 0 Å². The minimum absolute atomic E-state index is 0.378. The van der Waals surface area contributed by atoms with Gasteiger partial charge in [-0.3, -0.25) is 0 Å². The van der Waals surface area contributed by atoms with E-state index in [1.54, 1.807) is 10.4 Å². The SMILES string of the molecule is Cc1ccc(S(=O)(=O)N2CCC(c3cc4cc(C)ccc4[nH]3)CC2)c(C)c1. The number of hydrogen-bond acceptors (Lipinski definition) is 2. The molecule has 4 rings (SSSR count). The molecule has 1 saturated heterocycles. The van der Waals surface area contributed by atoms with Crippen LogP contribution in [0.2, 0.25) is 0 Å². The average molecular weight is 383 g/mol. The lowest BCUT2D eigenvalue weighted by Crippen LogP contribution is -2.38. The Balaban J connectivity index is 1.52. The molecule has 0 bridgehead atoms. The minimum Gasteiger partial charge on any atom is -0.358 e. The van der Waals surface area contributed by atoms with Gasteiger partial charge in [0.25, 0.3) is 0 Å². The normalized spacial score (nSPS) is 16.9. The molecular formula is C22H26N2O2S. The number of rotatable bonds is 3. The topological polar surface area (TPSA) is 53.2 Å². The van der Waals surface area contributed by atoms with E-state index in [1.807, 2.05) is 26.0 Å². The first-order valence-electron chi connectivity index (χ1n) is 9.51. The second-order valence-corrected chi connectivity index (χ2v) is 9.67. The Morgan fingerprint density at radius 3 is 2.30 bits per heavy atom. The summed E-state index contributed by atoms with van der Waals surface area (Å²) < 4.78 is 27.8. The van der Waals surface area contributed by atoms with Crippen molar-refractivity contribution in [2.45, 2.75) is 44.4 Å². The van der Waals surface area contributed by atoms with Crippen molar-refractivity contribution in [3.63, 3.8) is 0 Å². The van der Waals surface area contributed by atoms with E-state index >= 15 is 0 Å². The molecule has 27 heavy (non-hydrogen) atoms. The average Bonchev–Trinajstić information content (AvgIpc) is 3.04. The molecule has 1 aliphatic rings. The summed E-state index contributed by atoms with van der Waals surface area (Å²) in [6.45, 7) is 7.09. The van der Waals surface area contributed by atoms with Gasteiger partial charge < -0.3 is 4.98 Å². The number of sulfonamides is 1. The molecule has 0 aliphatic carbocycles. The van der Waals surface area contributed by atoms with E-state index in [-0.39, 0.29) is 0 Å². The standard InChI is InChI=1S/C22H26N2O2S/c1-15-5-7-22(17(3)12-15)27(25,26)24-10-8-18(9-11-24)21-14-19-13-16(2)4-6-20(19)23-21/h4-7,12-14,18,23H,8-11H2,1-3H3. The van der Waals surface area contributed by atoms with Crippen molar-refractivity contribution >= 4 is 20.9 Å². The van der Waals surface area contributed by atoms with Crippen LogP contribution in [0.25, 0.3) is 10.9 Å². The molecule has 0 atom stereocenters. The van der Waals surface area contributed by atoms with Gasteiger partial charge in [0.2, 0.25) is 10.0 Å². The lowest BCUT2D eigenvalue weighted by Gasteiger charge is -2.31. The van der Waals surface area contributed by atoms with E-state index in [0.717, 1.165) is 29.5 Å². The van der Waals surface area contributed by atoms with Crippen LogP contribution in [0.3, 0.4) is 0 Å². The molecule has 0 radical (unpaired) electrons. The minimum atomic E-state index is -3.42. The van der Waals surface area contributed by atoms with Gasteiger partial charge in [0.05, 0.1) is 4.90 Å². The van der Waals surface area contributed by atoms with Crippen molar-refractivity contribution in [1.82, 2.24) is 9.29 Å². The summed E-state index contributed by atoms with van der Waals surface area (Å²) in [7, 11) is -3.42. The van der Waals surface area contributed by atoms with Crippen LogP contribution in [0.1, 0.15) is 41.1 Å². The van der Waals surface area contributed by atoms with E-state index in [9.17, 15) is 8.42 Å². The smallest absolute Gasteiger partial charge is 0.243 e. The third-order valence-electron chi connectivity index (χ3n) is 5.64. The Hall–Kier alpha value is -2.11. The Morgan fingerprint density at radius 1 is 0.926 bits per heavy atom. The van der Waals surface area contributed by atoms with Gasteiger partial charge in [-0.1, -0.05) is 29.3 Å². The van der Waals surface area contributed by atoms with Crippen LogP contribution < -0.4 is 0 Å². The highest BCUT2D eigenvalue weighted by atomic mass is 32.2. The molecule has 2 heterocycles. The second-order valence-electron chi connectivity index (χ2n) is 7.76. The number of piperidine rings is 1. The molecule has 1 N–H and O–H groups in total. The van der Waals surface area contributed by atoms with Crippen LogP contribution >= 0.6 is 0 Å². The zero-order valence-electron chi connectivity index (χ0n) is 16.1. The van der Waals surface area contributed by atoms with Crippen molar-refractivity contribution in [2.24, 2.45) is 0 Å². The number of fused-ring (bicyclic) bond motifs is 1. The van der Waals surface area contributed by atoms with Gasteiger partial charge in [0.1, 0.15) is 0 Å². The monoisotopic (exact) mass is 382 g/mol. The number of H-pyrrole nitrogens is 1. The molecule has 4 nitrogen and oxygen atoms in total. The van der Waals surface area contributed by atoms with Crippen LogP contribution in [0.15, 0.2) is 47.4 Å². The summed E-state index contributed by atoms with van der Waals surface area (Å²) in [4.78, 5) is 3.96. The molecule has 5 heteroatoms. The number of aryl methyl sites for hydroxylation is 3. The lowest BCUT2D eigenvalue weighted by atomic mass is 9.95. The Bertz CT molecular complexity index is 1090. The van der Waals surface area contributed by atoms with Crippen LogP contribution in [-0.2, 0) is 10.0 Å². The highest BCUT2D eigenvalue weighted by Crippen LogP contribution is 2.33. The summed E-state index contributed by atoms with van der Waals surface area (Å²) in [5, 5.41) is 1.23. The molecule has 1 aromatic heterocycles. The molecule has 1 aliphatic heterocycles. The molecule has 0 spiro atoms. The van der Waals surface area contributed by atoms with Crippen LogP contribution in [0.5, 0.6) is 0 Å². The van der Waals surface area contributed by atoms with Crippen LogP contribution in [0, 0.1) is 20.8 Å². The number of hydrogen-bond donors (Lipinski definition) is 1. The summed E-state index contributed by atoms with van der Waals surface area (Å²) >= 11 is 0. The third kappa shape index (κ3) is 3.42. The summed E-state index contributed by atoms with van der Waals surface area (Å²) in [5.41, 5.74) is 5.53. The first-order chi connectivity index (χ1) is 12.8.